The van der Waals surface area contributed by atoms with E-state index in [1.807, 2.05) is 6.92 Å². The van der Waals surface area contributed by atoms with E-state index in [0.29, 0.717) is 23.5 Å². The molecule has 0 N–H and O–H groups in total. The van der Waals surface area contributed by atoms with E-state index in [1.54, 1.807) is 0 Å². The Labute approximate surface area is 198 Å². The van der Waals surface area contributed by atoms with Crippen molar-refractivity contribution in [3.63, 3.8) is 0 Å². The standard InChI is InChI=1S/C23H38O.C6H12O2/c1-6-8-21(24)22(4)14-12-20-19(17(22)3)11-10-18-15-16(2)9-7-13-23(18,20)5;1-3-4-5-6(7)8-2/h17-20H,2,6-15H2,1,3-5H3;3-5H2,1-2H3. The summed E-state index contributed by atoms with van der Waals surface area (Å²) in [5.41, 5.74) is 1.93. The fourth-order valence-electron chi connectivity index (χ4n) is 7.24. The van der Waals surface area contributed by atoms with Gasteiger partial charge in [-0.15, -0.1) is 0 Å². The largest absolute Gasteiger partial charge is 0.469 e. The second kappa shape index (κ2) is 11.8. The zero-order valence-electron chi connectivity index (χ0n) is 21.9. The summed E-state index contributed by atoms with van der Waals surface area (Å²) in [5.74, 6) is 3.43. The lowest BCUT2D eigenvalue weighted by Gasteiger charge is -2.58. The smallest absolute Gasteiger partial charge is 0.305 e. The number of methoxy groups -OCH3 is 1. The average molecular weight is 447 g/mol. The summed E-state index contributed by atoms with van der Waals surface area (Å²) in [5, 5.41) is 0. The molecule has 0 radical (unpaired) electrons. The van der Waals surface area contributed by atoms with Crippen LogP contribution in [-0.2, 0) is 14.3 Å². The summed E-state index contributed by atoms with van der Waals surface area (Å²) in [4.78, 5) is 23.2. The number of hydrogen-bond donors (Lipinski definition) is 0. The zero-order valence-corrected chi connectivity index (χ0v) is 21.9. The number of fused-ring (bicyclic) bond motifs is 3. The first kappa shape index (κ1) is 27.1. The summed E-state index contributed by atoms with van der Waals surface area (Å²) in [6, 6.07) is 0. The van der Waals surface area contributed by atoms with Gasteiger partial charge in [-0.05, 0) is 93.3 Å². The number of unbranched alkanes of at least 4 members (excludes halogenated alkanes) is 1. The molecule has 3 heteroatoms. The summed E-state index contributed by atoms with van der Waals surface area (Å²) < 4.78 is 4.41. The van der Waals surface area contributed by atoms with Crippen molar-refractivity contribution in [3.8, 4) is 0 Å². The van der Waals surface area contributed by atoms with Gasteiger partial charge in [0.15, 0.2) is 0 Å². The molecule has 3 fully saturated rings. The highest BCUT2D eigenvalue weighted by molar-refractivity contribution is 5.84. The maximum absolute atomic E-state index is 12.9. The van der Waals surface area contributed by atoms with Gasteiger partial charge < -0.3 is 4.74 Å². The average Bonchev–Trinajstić information content (AvgIpc) is 2.92. The summed E-state index contributed by atoms with van der Waals surface area (Å²) in [6.07, 6.45) is 14.6. The first-order chi connectivity index (χ1) is 15.1. The quantitative estimate of drug-likeness (QED) is 0.307. The highest BCUT2D eigenvalue weighted by Gasteiger charge is 2.56. The molecule has 0 bridgehead atoms. The Balaban J connectivity index is 0.000000390. The van der Waals surface area contributed by atoms with E-state index >= 15 is 0 Å². The molecule has 0 saturated heterocycles. The molecule has 3 saturated carbocycles. The van der Waals surface area contributed by atoms with Gasteiger partial charge in [-0.1, -0.05) is 53.2 Å². The van der Waals surface area contributed by atoms with Gasteiger partial charge in [0.1, 0.15) is 5.78 Å². The minimum Gasteiger partial charge on any atom is -0.469 e. The summed E-state index contributed by atoms with van der Waals surface area (Å²) >= 11 is 0. The van der Waals surface area contributed by atoms with Crippen LogP contribution in [0.1, 0.15) is 118 Å². The fourth-order valence-corrected chi connectivity index (χ4v) is 7.24. The highest BCUT2D eigenvalue weighted by Crippen LogP contribution is 2.62. The predicted octanol–water partition coefficient (Wildman–Crippen LogP) is 7.92. The SMILES string of the molecule is C=C1CCCC2(C)C(CCC3C(C)C(C)(C(=O)CCC)CCC32)C1.CCCCC(=O)OC. The molecule has 0 aromatic heterocycles. The molecular weight excluding hydrogens is 396 g/mol. The van der Waals surface area contributed by atoms with Gasteiger partial charge in [0.25, 0.3) is 0 Å². The van der Waals surface area contributed by atoms with Crippen molar-refractivity contribution < 1.29 is 14.3 Å². The third kappa shape index (κ3) is 5.86. The van der Waals surface area contributed by atoms with Crippen LogP contribution in [0.5, 0.6) is 0 Å². The number of hydrogen-bond acceptors (Lipinski definition) is 3. The Hall–Kier alpha value is -1.12. The number of ether oxygens (including phenoxy) is 1. The maximum Gasteiger partial charge on any atom is 0.305 e. The number of ketones is 1. The Morgan fingerprint density at radius 3 is 2.41 bits per heavy atom. The van der Waals surface area contributed by atoms with E-state index in [0.717, 1.165) is 49.9 Å². The molecule has 184 valence electrons. The maximum atomic E-state index is 12.9. The van der Waals surface area contributed by atoms with Crippen molar-refractivity contribution in [3.05, 3.63) is 12.2 Å². The van der Waals surface area contributed by atoms with Crippen LogP contribution in [0.25, 0.3) is 0 Å². The number of allylic oxidation sites excluding steroid dienone is 1. The second-order valence-corrected chi connectivity index (χ2v) is 11.5. The van der Waals surface area contributed by atoms with Gasteiger partial charge in [0, 0.05) is 18.3 Å². The third-order valence-corrected chi connectivity index (χ3v) is 9.62. The Kier molecular flexibility index (Phi) is 10.0. The topological polar surface area (TPSA) is 43.4 Å². The zero-order chi connectivity index (χ0) is 23.9. The number of Topliss-reactive ketones (excluding diaryl/α,β-unsaturated/α-hetero) is 1. The van der Waals surface area contributed by atoms with Crippen LogP contribution in [0.2, 0.25) is 0 Å². The van der Waals surface area contributed by atoms with Crippen molar-refractivity contribution in [1.29, 1.82) is 0 Å². The fraction of sp³-hybridized carbons (Fsp3) is 0.862. The summed E-state index contributed by atoms with van der Waals surface area (Å²) in [7, 11) is 1.41. The van der Waals surface area contributed by atoms with Gasteiger partial charge in [-0.25, -0.2) is 0 Å². The number of carbonyl (C=O) groups excluding carboxylic acids is 2. The number of rotatable bonds is 6. The number of esters is 1. The Bertz CT molecular complexity index is 653. The van der Waals surface area contributed by atoms with Crippen molar-refractivity contribution in [1.82, 2.24) is 0 Å². The van der Waals surface area contributed by atoms with Gasteiger partial charge >= 0.3 is 5.97 Å². The molecule has 3 aliphatic carbocycles. The first-order valence-corrected chi connectivity index (χ1v) is 13.4. The van der Waals surface area contributed by atoms with Crippen LogP contribution < -0.4 is 0 Å². The second-order valence-electron chi connectivity index (χ2n) is 11.5. The van der Waals surface area contributed by atoms with Crippen LogP contribution in [0, 0.1) is 34.5 Å². The molecule has 0 aromatic carbocycles. The van der Waals surface area contributed by atoms with Crippen molar-refractivity contribution in [2.45, 2.75) is 118 Å². The van der Waals surface area contributed by atoms with Gasteiger partial charge in [0.2, 0.25) is 0 Å². The monoisotopic (exact) mass is 446 g/mol. The van der Waals surface area contributed by atoms with E-state index in [1.165, 1.54) is 57.6 Å². The Morgan fingerprint density at radius 2 is 1.78 bits per heavy atom. The van der Waals surface area contributed by atoms with Crippen LogP contribution in [0.15, 0.2) is 12.2 Å². The minimum absolute atomic E-state index is 0.0608. The first-order valence-electron chi connectivity index (χ1n) is 13.4. The van der Waals surface area contributed by atoms with E-state index in [9.17, 15) is 9.59 Å². The van der Waals surface area contributed by atoms with E-state index < -0.39 is 0 Å². The van der Waals surface area contributed by atoms with E-state index in [-0.39, 0.29) is 11.4 Å². The van der Waals surface area contributed by atoms with Crippen molar-refractivity contribution in [2.24, 2.45) is 34.5 Å². The van der Waals surface area contributed by atoms with Crippen molar-refractivity contribution in [2.75, 3.05) is 7.11 Å². The predicted molar refractivity (Wildman–Crippen MR) is 133 cm³/mol. The van der Waals surface area contributed by atoms with Crippen molar-refractivity contribution >= 4 is 11.8 Å². The van der Waals surface area contributed by atoms with E-state index in [4.69, 9.17) is 0 Å². The minimum atomic E-state index is -0.105. The molecule has 32 heavy (non-hydrogen) atoms. The molecule has 3 aliphatic rings. The lowest BCUT2D eigenvalue weighted by molar-refractivity contribution is -0.144. The molecule has 0 aliphatic heterocycles. The van der Waals surface area contributed by atoms with Gasteiger partial charge in [-0.2, -0.15) is 0 Å². The normalized spacial score (nSPS) is 36.6. The van der Waals surface area contributed by atoms with Gasteiger partial charge in [-0.3, -0.25) is 9.59 Å². The lowest BCUT2D eigenvalue weighted by Crippen LogP contribution is -2.53. The van der Waals surface area contributed by atoms with Gasteiger partial charge in [0.05, 0.1) is 7.11 Å². The van der Waals surface area contributed by atoms with E-state index in [2.05, 4.69) is 39.0 Å². The summed E-state index contributed by atoms with van der Waals surface area (Å²) in [6.45, 7) is 15.8. The highest BCUT2D eigenvalue weighted by atomic mass is 16.5. The van der Waals surface area contributed by atoms with Crippen LogP contribution in [-0.4, -0.2) is 18.9 Å². The molecule has 0 spiro atoms. The van der Waals surface area contributed by atoms with Crippen LogP contribution >= 0.6 is 0 Å². The van der Waals surface area contributed by atoms with Crippen LogP contribution in [0.4, 0.5) is 0 Å². The molecule has 3 nitrogen and oxygen atoms in total. The third-order valence-electron chi connectivity index (χ3n) is 9.62. The molecule has 3 rings (SSSR count). The Morgan fingerprint density at radius 1 is 1.06 bits per heavy atom. The number of carbonyl (C=O) groups is 2. The molecule has 0 amide bonds. The van der Waals surface area contributed by atoms with Crippen LogP contribution in [0.3, 0.4) is 0 Å². The molecule has 0 heterocycles. The molecule has 6 atom stereocenters. The lowest BCUT2D eigenvalue weighted by atomic mass is 9.46. The molecular formula is C29H50O3. The molecule has 0 aromatic rings. The molecule has 6 unspecified atom stereocenters.